The lowest BCUT2D eigenvalue weighted by molar-refractivity contribution is 0.772. The molecule has 0 aromatic carbocycles. The van der Waals surface area contributed by atoms with E-state index in [9.17, 15) is 0 Å². The molecule has 0 aliphatic heterocycles. The SMILES string of the molecule is CC.CC.CCCCC.O. The molecule has 0 aromatic heterocycles. The number of hydrogen-bond donors (Lipinski definition) is 0. The summed E-state index contributed by atoms with van der Waals surface area (Å²) in [6.07, 6.45) is 4.08. The van der Waals surface area contributed by atoms with Gasteiger partial charge in [0.15, 0.2) is 0 Å². The van der Waals surface area contributed by atoms with Gasteiger partial charge in [-0.1, -0.05) is 60.8 Å². The van der Waals surface area contributed by atoms with Crippen molar-refractivity contribution in [1.29, 1.82) is 0 Å². The summed E-state index contributed by atoms with van der Waals surface area (Å²) in [7, 11) is 0. The van der Waals surface area contributed by atoms with Crippen molar-refractivity contribution in [3.05, 3.63) is 0 Å². The molecule has 0 radical (unpaired) electrons. The molecule has 0 spiro atoms. The predicted molar refractivity (Wildman–Crippen MR) is 51.5 cm³/mol. The zero-order valence-electron chi connectivity index (χ0n) is 8.62. The molecule has 2 N–H and O–H groups in total. The molecule has 0 aromatic rings. The zero-order chi connectivity index (χ0) is 8.12. The number of rotatable bonds is 2. The minimum atomic E-state index is 0. The largest absolute Gasteiger partial charge is 0.412 e. The van der Waals surface area contributed by atoms with Gasteiger partial charge in [-0.2, -0.15) is 0 Å². The monoisotopic (exact) mass is 150 g/mol. The van der Waals surface area contributed by atoms with Crippen LogP contribution in [-0.2, 0) is 0 Å². The molecule has 1 heteroatoms. The molecule has 0 atom stereocenters. The Kier molecular flexibility index (Phi) is 146. The fraction of sp³-hybridized carbons (Fsp3) is 1.00. The van der Waals surface area contributed by atoms with Crippen LogP contribution in [0.3, 0.4) is 0 Å². The van der Waals surface area contributed by atoms with Gasteiger partial charge in [0.25, 0.3) is 0 Å². The molecule has 0 aliphatic carbocycles. The minimum absolute atomic E-state index is 0. The van der Waals surface area contributed by atoms with E-state index in [2.05, 4.69) is 13.8 Å². The van der Waals surface area contributed by atoms with Gasteiger partial charge in [0.05, 0.1) is 0 Å². The van der Waals surface area contributed by atoms with Crippen molar-refractivity contribution < 1.29 is 5.48 Å². The molecule has 0 aliphatic rings. The van der Waals surface area contributed by atoms with E-state index >= 15 is 0 Å². The van der Waals surface area contributed by atoms with E-state index in [4.69, 9.17) is 0 Å². The smallest absolute Gasteiger partial charge is 0.0538 e. The van der Waals surface area contributed by atoms with Crippen LogP contribution < -0.4 is 0 Å². The quantitative estimate of drug-likeness (QED) is 0.577. The normalized spacial score (nSPS) is 5.40. The van der Waals surface area contributed by atoms with Crippen LogP contribution in [0.5, 0.6) is 0 Å². The lowest BCUT2D eigenvalue weighted by Crippen LogP contribution is -1.59. The third kappa shape index (κ3) is 100. The van der Waals surface area contributed by atoms with Crippen molar-refractivity contribution in [2.45, 2.75) is 60.8 Å². The average Bonchev–Trinajstić information content (AvgIpc) is 1.98. The van der Waals surface area contributed by atoms with Crippen LogP contribution in [0.25, 0.3) is 0 Å². The molecule has 10 heavy (non-hydrogen) atoms. The molecule has 0 rings (SSSR count). The van der Waals surface area contributed by atoms with Crippen LogP contribution in [0, 0.1) is 0 Å². The molecule has 0 bridgehead atoms. The Hall–Kier alpha value is -0.0400. The fourth-order valence-electron chi connectivity index (χ4n) is 0.354. The minimum Gasteiger partial charge on any atom is -0.412 e. The van der Waals surface area contributed by atoms with Crippen molar-refractivity contribution in [2.24, 2.45) is 0 Å². The summed E-state index contributed by atoms with van der Waals surface area (Å²) < 4.78 is 0. The summed E-state index contributed by atoms with van der Waals surface area (Å²) in [5, 5.41) is 0. The molecular formula is C9H26O. The summed E-state index contributed by atoms with van der Waals surface area (Å²) in [4.78, 5) is 0. The maximum atomic E-state index is 2.21. The molecule has 0 saturated carbocycles. The number of hydrogen-bond acceptors (Lipinski definition) is 0. The lowest BCUT2D eigenvalue weighted by Gasteiger charge is -1.79. The Morgan fingerprint density at radius 2 is 0.900 bits per heavy atom. The first-order valence-corrected chi connectivity index (χ1v) is 4.41. The zero-order valence-corrected chi connectivity index (χ0v) is 8.62. The summed E-state index contributed by atoms with van der Waals surface area (Å²) in [6.45, 7) is 12.4. The maximum absolute atomic E-state index is 2.21. The van der Waals surface area contributed by atoms with E-state index < -0.39 is 0 Å². The van der Waals surface area contributed by atoms with Crippen LogP contribution in [0.15, 0.2) is 0 Å². The highest BCUT2D eigenvalue weighted by Crippen LogP contribution is 1.88. The van der Waals surface area contributed by atoms with Gasteiger partial charge in [0, 0.05) is 0 Å². The maximum Gasteiger partial charge on any atom is -0.0538 e. The van der Waals surface area contributed by atoms with Crippen LogP contribution in [0.4, 0.5) is 0 Å². The predicted octanol–water partition coefficient (Wildman–Crippen LogP) is 3.42. The molecule has 0 fully saturated rings. The topological polar surface area (TPSA) is 31.5 Å². The Bertz CT molecular complexity index is 12.2. The second-order valence-electron chi connectivity index (χ2n) is 1.35. The van der Waals surface area contributed by atoms with Gasteiger partial charge >= 0.3 is 0 Å². The van der Waals surface area contributed by atoms with Gasteiger partial charge in [0.2, 0.25) is 0 Å². The third-order valence-electron chi connectivity index (χ3n) is 0.707. The molecule has 0 saturated heterocycles. The molecule has 68 valence electrons. The van der Waals surface area contributed by atoms with E-state index in [1.165, 1.54) is 19.3 Å². The highest BCUT2D eigenvalue weighted by Gasteiger charge is 1.68. The molecule has 1 nitrogen and oxygen atoms in total. The van der Waals surface area contributed by atoms with Crippen LogP contribution in [-0.4, -0.2) is 5.48 Å². The van der Waals surface area contributed by atoms with E-state index in [1.54, 1.807) is 0 Å². The first-order chi connectivity index (χ1) is 4.41. The highest BCUT2D eigenvalue weighted by molar-refractivity contribution is 4.24. The molecular weight excluding hydrogens is 124 g/mol. The van der Waals surface area contributed by atoms with Gasteiger partial charge < -0.3 is 5.48 Å². The van der Waals surface area contributed by atoms with Gasteiger partial charge in [-0.25, -0.2) is 0 Å². The highest BCUT2D eigenvalue weighted by atomic mass is 16.0. The summed E-state index contributed by atoms with van der Waals surface area (Å²) in [5.41, 5.74) is 0. The first-order valence-electron chi connectivity index (χ1n) is 4.41. The Morgan fingerprint density at radius 3 is 0.900 bits per heavy atom. The van der Waals surface area contributed by atoms with Crippen molar-refractivity contribution >= 4 is 0 Å². The second kappa shape index (κ2) is 64.8. The standard InChI is InChI=1S/C5H12.2C2H6.H2O/c1-3-5-4-2;2*1-2;/h3-5H2,1-2H3;2*1-2H3;1H2. The van der Waals surface area contributed by atoms with Crippen molar-refractivity contribution in [3.63, 3.8) is 0 Å². The van der Waals surface area contributed by atoms with Crippen LogP contribution in [0.2, 0.25) is 0 Å². The Balaban J connectivity index is -0.0000000315. The van der Waals surface area contributed by atoms with Crippen molar-refractivity contribution in [3.8, 4) is 0 Å². The van der Waals surface area contributed by atoms with Gasteiger partial charge in [-0.3, -0.25) is 0 Å². The lowest BCUT2D eigenvalue weighted by atomic mass is 10.3. The first kappa shape index (κ1) is 22.5. The van der Waals surface area contributed by atoms with Gasteiger partial charge in [-0.05, 0) is 0 Å². The number of unbranched alkanes of at least 4 members (excludes halogenated alkanes) is 2. The molecule has 0 unspecified atom stereocenters. The van der Waals surface area contributed by atoms with Crippen LogP contribution in [0.1, 0.15) is 60.8 Å². The summed E-state index contributed by atoms with van der Waals surface area (Å²) in [6, 6.07) is 0. The van der Waals surface area contributed by atoms with Crippen molar-refractivity contribution in [1.82, 2.24) is 0 Å². The van der Waals surface area contributed by atoms with E-state index in [0.717, 1.165) is 0 Å². The van der Waals surface area contributed by atoms with Crippen molar-refractivity contribution in [2.75, 3.05) is 0 Å². The van der Waals surface area contributed by atoms with E-state index in [0.29, 0.717) is 0 Å². The van der Waals surface area contributed by atoms with E-state index in [-0.39, 0.29) is 5.48 Å². The second-order valence-corrected chi connectivity index (χ2v) is 1.35. The summed E-state index contributed by atoms with van der Waals surface area (Å²) >= 11 is 0. The Labute approximate surface area is 67.2 Å². The molecule has 0 amide bonds. The molecule has 0 heterocycles. The van der Waals surface area contributed by atoms with Gasteiger partial charge in [0.1, 0.15) is 0 Å². The fourth-order valence-corrected chi connectivity index (χ4v) is 0.354. The third-order valence-corrected chi connectivity index (χ3v) is 0.707. The van der Waals surface area contributed by atoms with Gasteiger partial charge in [-0.15, -0.1) is 0 Å². The summed E-state index contributed by atoms with van der Waals surface area (Å²) in [5.74, 6) is 0. The van der Waals surface area contributed by atoms with Crippen LogP contribution >= 0.6 is 0 Å². The average molecular weight is 150 g/mol. The van der Waals surface area contributed by atoms with E-state index in [1.807, 2.05) is 27.7 Å². The Morgan fingerprint density at radius 1 is 0.700 bits per heavy atom.